The Hall–Kier alpha value is -5.19. The Bertz CT molecular complexity index is 3040. The second-order valence-corrected chi connectivity index (χ2v) is 19.6. The first kappa shape index (κ1) is 45.9. The third-order valence-corrected chi connectivity index (χ3v) is 15.4. The van der Waals surface area contributed by atoms with Gasteiger partial charge >= 0.3 is 0 Å². The van der Waals surface area contributed by atoms with Crippen molar-refractivity contribution in [1.29, 1.82) is 0 Å². The van der Waals surface area contributed by atoms with Gasteiger partial charge in [0.15, 0.2) is 6.23 Å². The van der Waals surface area contributed by atoms with Gasteiger partial charge in [-0.1, -0.05) is 149 Å². The SMILES string of the molecule is CCCCCCC(CCCCCC)N1C(=O)c2ccc3c4ccc5c6c(cc7c8c(=O)n(CCO)c(=O)c8c8cc(c2c3c8c7c64)C1=O)C(=O)N(C(CCCCCC)CCCCCC)C5O. The zero-order valence-corrected chi connectivity index (χ0v) is 39.5. The summed E-state index contributed by atoms with van der Waals surface area (Å²) in [4.78, 5) is 78.0. The van der Waals surface area contributed by atoms with Gasteiger partial charge in [-0.05, 0) is 87.0 Å². The standard InChI is InChI=1S/C56H67N3O7/c1-5-9-13-17-21-33(22-18-14-10-6-2)58-51(61)37-27-25-35-36-26-28-38-44-42(54(64)59(52(38)62)34(23-19-15-11-7-3)24-20-16-12-8-4)32-40-48(46(36)44)47-39(31-41(53(58)63)43(37)45(35)47)49-50(40)56(66)57(29-30-60)55(49)65/h25-28,31-34,51,60-61H,5-24,29-30H2,1-4H3. The monoisotopic (exact) mass is 893 g/mol. The van der Waals surface area contributed by atoms with Crippen LogP contribution < -0.4 is 11.1 Å². The predicted octanol–water partition coefficient (Wildman–Crippen LogP) is 12.1. The Morgan fingerprint density at radius 3 is 1.41 bits per heavy atom. The highest BCUT2D eigenvalue weighted by Gasteiger charge is 2.42. The van der Waals surface area contributed by atoms with Gasteiger partial charge in [-0.15, -0.1) is 0 Å². The number of amides is 3. The van der Waals surface area contributed by atoms with Gasteiger partial charge in [0.05, 0.1) is 23.9 Å². The molecule has 66 heavy (non-hydrogen) atoms. The fourth-order valence-corrected chi connectivity index (χ4v) is 12.1. The van der Waals surface area contributed by atoms with Crippen LogP contribution in [0.4, 0.5) is 0 Å². The number of aromatic nitrogens is 1. The molecule has 348 valence electrons. The van der Waals surface area contributed by atoms with Crippen molar-refractivity contribution in [2.75, 3.05) is 6.61 Å². The quantitative estimate of drug-likeness (QED) is 0.0267. The van der Waals surface area contributed by atoms with E-state index in [0.29, 0.717) is 78.2 Å². The van der Waals surface area contributed by atoms with E-state index in [0.717, 1.165) is 131 Å². The number of aliphatic hydroxyl groups is 2. The largest absolute Gasteiger partial charge is 0.395 e. The lowest BCUT2D eigenvalue weighted by molar-refractivity contribution is -0.0200. The summed E-state index contributed by atoms with van der Waals surface area (Å²) < 4.78 is 1.07. The van der Waals surface area contributed by atoms with Gasteiger partial charge in [-0.25, -0.2) is 0 Å². The highest BCUT2D eigenvalue weighted by molar-refractivity contribution is 6.48. The van der Waals surface area contributed by atoms with Gasteiger partial charge in [0.25, 0.3) is 28.8 Å². The van der Waals surface area contributed by atoms with Crippen molar-refractivity contribution in [3.8, 4) is 0 Å². The molecular formula is C56H67N3O7. The lowest BCUT2D eigenvalue weighted by atomic mass is 9.77. The molecule has 6 aromatic carbocycles. The number of nitrogens with zero attached hydrogens (tertiary/aromatic N) is 3. The van der Waals surface area contributed by atoms with Gasteiger partial charge < -0.3 is 15.1 Å². The lowest BCUT2D eigenvalue weighted by Crippen LogP contribution is -2.47. The molecule has 1 atom stereocenters. The van der Waals surface area contributed by atoms with E-state index in [2.05, 4.69) is 27.7 Å². The van der Waals surface area contributed by atoms with E-state index in [1.165, 1.54) is 4.90 Å². The summed E-state index contributed by atoms with van der Waals surface area (Å²) in [5, 5.41) is 29.2. The van der Waals surface area contributed by atoms with Crippen molar-refractivity contribution in [3.63, 3.8) is 0 Å². The van der Waals surface area contributed by atoms with Crippen molar-refractivity contribution >= 4 is 82.4 Å². The number of carbonyl (C=O) groups is 3. The number of hydrogen-bond donors (Lipinski definition) is 2. The Balaban J connectivity index is 1.30. The fourth-order valence-electron chi connectivity index (χ4n) is 12.1. The van der Waals surface area contributed by atoms with Gasteiger partial charge in [-0.3, -0.25) is 33.4 Å². The first-order valence-electron chi connectivity index (χ1n) is 25.5. The first-order chi connectivity index (χ1) is 32.1. The van der Waals surface area contributed by atoms with Crippen LogP contribution in [0.2, 0.25) is 0 Å². The predicted molar refractivity (Wildman–Crippen MR) is 267 cm³/mol. The number of fused-ring (bicyclic) bond motifs is 4. The summed E-state index contributed by atoms with van der Waals surface area (Å²) in [6, 6.07) is 10.7. The second kappa shape index (κ2) is 19.2. The third kappa shape index (κ3) is 7.32. The number of rotatable bonds is 24. The van der Waals surface area contributed by atoms with Crippen LogP contribution in [0.1, 0.15) is 199 Å². The molecule has 0 aliphatic carbocycles. The molecule has 2 N–H and O–H groups in total. The molecule has 10 nitrogen and oxygen atoms in total. The third-order valence-electron chi connectivity index (χ3n) is 15.4. The molecule has 3 amide bonds. The Labute approximate surface area is 386 Å². The average Bonchev–Trinajstić information content (AvgIpc) is 3.57. The van der Waals surface area contributed by atoms with Crippen molar-refractivity contribution in [2.24, 2.45) is 0 Å². The van der Waals surface area contributed by atoms with Crippen LogP contribution >= 0.6 is 0 Å². The minimum atomic E-state index is -1.19. The van der Waals surface area contributed by atoms with E-state index in [1.54, 1.807) is 17.0 Å². The molecule has 0 saturated heterocycles. The van der Waals surface area contributed by atoms with Crippen LogP contribution in [0.25, 0.3) is 64.6 Å². The fraction of sp³-hybridized carbons (Fsp3) is 0.518. The highest BCUT2D eigenvalue weighted by atomic mass is 16.3. The molecule has 3 heterocycles. The number of unbranched alkanes of at least 4 members (excludes halogenated alkanes) is 12. The zero-order valence-electron chi connectivity index (χ0n) is 39.5. The van der Waals surface area contributed by atoms with Gasteiger partial charge in [0.1, 0.15) is 0 Å². The average molecular weight is 894 g/mol. The summed E-state index contributed by atoms with van der Waals surface area (Å²) in [6.07, 6.45) is 18.3. The first-order valence-corrected chi connectivity index (χ1v) is 25.5. The maximum absolute atomic E-state index is 15.3. The summed E-state index contributed by atoms with van der Waals surface area (Å²) in [5.74, 6) is -0.991. The molecule has 10 heteroatoms. The Morgan fingerprint density at radius 2 is 0.909 bits per heavy atom. The van der Waals surface area contributed by atoms with Crippen molar-refractivity contribution < 1.29 is 24.6 Å². The summed E-state index contributed by atoms with van der Waals surface area (Å²) in [5.41, 5.74) is 0.655. The summed E-state index contributed by atoms with van der Waals surface area (Å²) >= 11 is 0. The van der Waals surface area contributed by atoms with Crippen molar-refractivity contribution in [1.82, 2.24) is 14.4 Å². The minimum absolute atomic E-state index is 0.147. The molecule has 2 aliphatic heterocycles. The van der Waals surface area contributed by atoms with Crippen LogP contribution in [0.5, 0.6) is 0 Å². The molecule has 2 aliphatic rings. The molecule has 0 spiro atoms. The molecule has 9 rings (SSSR count). The normalized spacial score (nSPS) is 15.5. The van der Waals surface area contributed by atoms with Crippen LogP contribution in [0.3, 0.4) is 0 Å². The van der Waals surface area contributed by atoms with Gasteiger partial charge in [0.2, 0.25) is 0 Å². The Morgan fingerprint density at radius 1 is 0.470 bits per heavy atom. The molecule has 0 bridgehead atoms. The molecule has 0 fully saturated rings. The topological polar surface area (TPSA) is 137 Å². The van der Waals surface area contributed by atoms with E-state index in [-0.39, 0.29) is 47.1 Å². The van der Waals surface area contributed by atoms with Gasteiger partial charge in [0, 0.05) is 45.1 Å². The zero-order chi connectivity index (χ0) is 46.4. The van der Waals surface area contributed by atoms with Crippen molar-refractivity contribution in [2.45, 2.75) is 181 Å². The van der Waals surface area contributed by atoms with Crippen LogP contribution in [-0.2, 0) is 6.54 Å². The minimum Gasteiger partial charge on any atom is -0.395 e. The maximum Gasteiger partial charge on any atom is 0.262 e. The summed E-state index contributed by atoms with van der Waals surface area (Å²) in [6.45, 7) is 8.05. The number of hydrogen-bond acceptors (Lipinski definition) is 7. The highest BCUT2D eigenvalue weighted by Crippen LogP contribution is 2.53. The second-order valence-electron chi connectivity index (χ2n) is 19.6. The molecule has 0 saturated carbocycles. The molecule has 7 aromatic rings. The molecule has 1 unspecified atom stereocenters. The van der Waals surface area contributed by atoms with Crippen LogP contribution in [-0.4, -0.2) is 61.0 Å². The van der Waals surface area contributed by atoms with Crippen LogP contribution in [0.15, 0.2) is 46.0 Å². The smallest absolute Gasteiger partial charge is 0.262 e. The van der Waals surface area contributed by atoms with Gasteiger partial charge in [-0.2, -0.15) is 0 Å². The number of benzene rings is 6. The number of imide groups is 1. The number of carbonyl (C=O) groups excluding carboxylic acids is 3. The van der Waals surface area contributed by atoms with E-state index < -0.39 is 24.0 Å². The van der Waals surface area contributed by atoms with E-state index in [4.69, 9.17) is 0 Å². The van der Waals surface area contributed by atoms with E-state index in [9.17, 15) is 24.6 Å². The summed E-state index contributed by atoms with van der Waals surface area (Å²) in [7, 11) is 0. The van der Waals surface area contributed by atoms with E-state index >= 15 is 9.59 Å². The maximum atomic E-state index is 15.3. The van der Waals surface area contributed by atoms with Crippen molar-refractivity contribution in [3.05, 3.63) is 79.4 Å². The molecular weight excluding hydrogens is 827 g/mol. The number of aliphatic hydroxyl groups excluding tert-OH is 2. The van der Waals surface area contributed by atoms with E-state index in [1.807, 2.05) is 24.3 Å². The Kier molecular flexibility index (Phi) is 13.4. The molecule has 0 radical (unpaired) electrons. The lowest BCUT2D eigenvalue weighted by Gasteiger charge is -2.40. The molecule has 1 aromatic heterocycles. The van der Waals surface area contributed by atoms with Crippen LogP contribution in [0, 0.1) is 0 Å².